The van der Waals surface area contributed by atoms with E-state index in [4.69, 9.17) is 11.6 Å². The van der Waals surface area contributed by atoms with E-state index < -0.39 is 0 Å². The summed E-state index contributed by atoms with van der Waals surface area (Å²) < 4.78 is 0. The summed E-state index contributed by atoms with van der Waals surface area (Å²) in [6.45, 7) is 0.850. The molecule has 1 unspecified atom stereocenters. The summed E-state index contributed by atoms with van der Waals surface area (Å²) in [5.41, 5.74) is 5.11. The van der Waals surface area contributed by atoms with Crippen LogP contribution >= 0.6 is 11.6 Å². The minimum absolute atomic E-state index is 0.209. The van der Waals surface area contributed by atoms with E-state index in [0.717, 1.165) is 56.5 Å². The number of fused-ring (bicyclic) bond motifs is 4. The molecule has 5 heteroatoms. The molecule has 1 atom stereocenters. The molecule has 2 aliphatic carbocycles. The van der Waals surface area contributed by atoms with Gasteiger partial charge in [0.25, 0.3) is 0 Å². The van der Waals surface area contributed by atoms with Gasteiger partial charge in [-0.15, -0.1) is 0 Å². The molecule has 0 bridgehead atoms. The predicted molar refractivity (Wildman–Crippen MR) is 147 cm³/mol. The average Bonchev–Trinajstić information content (AvgIpc) is 3.55. The van der Waals surface area contributed by atoms with Crippen molar-refractivity contribution < 1.29 is 4.79 Å². The van der Waals surface area contributed by atoms with Crippen LogP contribution in [-0.4, -0.2) is 41.3 Å². The lowest BCUT2D eigenvalue weighted by molar-refractivity contribution is -0.146. The van der Waals surface area contributed by atoms with Gasteiger partial charge in [0.15, 0.2) is 0 Å². The molecule has 36 heavy (non-hydrogen) atoms. The van der Waals surface area contributed by atoms with Gasteiger partial charge in [0, 0.05) is 40.1 Å². The number of rotatable bonds is 4. The summed E-state index contributed by atoms with van der Waals surface area (Å²) in [4.78, 5) is 22.5. The second-order valence-electron chi connectivity index (χ2n) is 11.6. The molecule has 0 radical (unpaired) electrons. The molecule has 1 amide bonds. The van der Waals surface area contributed by atoms with Crippen LogP contribution in [0.25, 0.3) is 10.9 Å². The maximum Gasteiger partial charge on any atom is 0.226 e. The van der Waals surface area contributed by atoms with Crippen LogP contribution < -0.4 is 0 Å². The molecule has 1 N–H and O–H groups in total. The fourth-order valence-corrected chi connectivity index (χ4v) is 7.88. The summed E-state index contributed by atoms with van der Waals surface area (Å²) in [6.07, 6.45) is 9.73. The van der Waals surface area contributed by atoms with E-state index in [9.17, 15) is 4.79 Å². The zero-order valence-electron chi connectivity index (χ0n) is 21.6. The zero-order chi connectivity index (χ0) is 24.9. The molecule has 6 rings (SSSR count). The standard InChI is InChI=1S/C31H38ClN3O/c1-34(2)28(21-11-13-24(32)14-12-21)22-15-18-31(19-16-22)29-26(25-9-5-6-10-27(25)33-29)17-20-35(31)30(36)23-7-3-4-8-23/h5-6,9-14,22-23,28,33H,3-4,7-8,15-20H2,1-2H3. The molecule has 3 aromatic rings. The largest absolute Gasteiger partial charge is 0.356 e. The highest BCUT2D eigenvalue weighted by Crippen LogP contribution is 2.52. The lowest BCUT2D eigenvalue weighted by Gasteiger charge is -2.52. The Morgan fingerprint density at radius 1 is 1.03 bits per heavy atom. The Morgan fingerprint density at radius 3 is 2.42 bits per heavy atom. The van der Waals surface area contributed by atoms with E-state index in [1.54, 1.807) is 0 Å². The monoisotopic (exact) mass is 503 g/mol. The highest BCUT2D eigenvalue weighted by molar-refractivity contribution is 6.30. The number of para-hydroxylation sites is 1. The van der Waals surface area contributed by atoms with Crippen LogP contribution in [0.4, 0.5) is 0 Å². The summed E-state index contributed by atoms with van der Waals surface area (Å²) in [5, 5.41) is 2.13. The fourth-order valence-electron chi connectivity index (χ4n) is 7.75. The zero-order valence-corrected chi connectivity index (χ0v) is 22.4. The van der Waals surface area contributed by atoms with Gasteiger partial charge in [0.05, 0.1) is 5.54 Å². The number of nitrogens with zero attached hydrogens (tertiary/aromatic N) is 2. The number of nitrogens with one attached hydrogen (secondary N) is 1. The Balaban J connectivity index is 1.36. The Morgan fingerprint density at radius 2 is 1.72 bits per heavy atom. The van der Waals surface area contributed by atoms with Crippen molar-refractivity contribution in [1.29, 1.82) is 0 Å². The van der Waals surface area contributed by atoms with Crippen molar-refractivity contribution in [2.24, 2.45) is 11.8 Å². The van der Waals surface area contributed by atoms with E-state index in [-0.39, 0.29) is 11.5 Å². The molecule has 2 saturated carbocycles. The third-order valence-corrected chi connectivity index (χ3v) is 9.68. The highest BCUT2D eigenvalue weighted by Gasteiger charge is 2.50. The third-order valence-electron chi connectivity index (χ3n) is 9.42. The Kier molecular flexibility index (Phi) is 6.37. The number of carbonyl (C=O) groups is 1. The van der Waals surface area contributed by atoms with Crippen LogP contribution in [0.2, 0.25) is 5.02 Å². The maximum absolute atomic E-state index is 14.0. The number of amides is 1. The van der Waals surface area contributed by atoms with Crippen molar-refractivity contribution in [2.75, 3.05) is 20.6 Å². The quantitative estimate of drug-likeness (QED) is 0.413. The van der Waals surface area contributed by atoms with Gasteiger partial charge in [-0.1, -0.05) is 54.8 Å². The van der Waals surface area contributed by atoms with Gasteiger partial charge in [0.1, 0.15) is 0 Å². The predicted octanol–water partition coefficient (Wildman–Crippen LogP) is 7.08. The molecular weight excluding hydrogens is 466 g/mol. The molecule has 1 aliphatic heterocycles. The third kappa shape index (κ3) is 3.97. The SMILES string of the molecule is CN(C)C(c1ccc(Cl)cc1)C1CCC2(CC1)c1[nH]c3ccccc3c1CCN2C(=O)C1CCCC1. The van der Waals surface area contributed by atoms with Gasteiger partial charge in [-0.3, -0.25) is 4.79 Å². The minimum Gasteiger partial charge on any atom is -0.356 e. The van der Waals surface area contributed by atoms with Gasteiger partial charge < -0.3 is 14.8 Å². The van der Waals surface area contributed by atoms with Crippen LogP contribution in [0.3, 0.4) is 0 Å². The van der Waals surface area contributed by atoms with Gasteiger partial charge in [-0.2, -0.15) is 0 Å². The van der Waals surface area contributed by atoms with E-state index in [2.05, 4.69) is 65.3 Å². The molecule has 0 saturated heterocycles. The van der Waals surface area contributed by atoms with Crippen LogP contribution in [0.15, 0.2) is 48.5 Å². The van der Waals surface area contributed by atoms with E-state index in [1.807, 2.05) is 12.1 Å². The normalized spacial score (nSPS) is 25.6. The van der Waals surface area contributed by atoms with Gasteiger partial charge in [-0.25, -0.2) is 0 Å². The first kappa shape index (κ1) is 24.1. The number of H-pyrrole nitrogens is 1. The number of hydrogen-bond donors (Lipinski definition) is 1. The van der Waals surface area contributed by atoms with E-state index in [1.165, 1.54) is 40.6 Å². The van der Waals surface area contributed by atoms with Crippen molar-refractivity contribution in [3.05, 3.63) is 70.4 Å². The lowest BCUT2D eigenvalue weighted by atomic mass is 9.68. The molecule has 2 aromatic carbocycles. The number of aromatic amines is 1. The van der Waals surface area contributed by atoms with Crippen molar-refractivity contribution >= 4 is 28.4 Å². The smallest absolute Gasteiger partial charge is 0.226 e. The Hall–Kier alpha value is -2.30. The molecule has 1 aromatic heterocycles. The first-order valence-corrected chi connectivity index (χ1v) is 14.2. The number of carbonyl (C=O) groups excluding carboxylic acids is 1. The second-order valence-corrected chi connectivity index (χ2v) is 12.0. The van der Waals surface area contributed by atoms with Crippen molar-refractivity contribution in [1.82, 2.24) is 14.8 Å². The summed E-state index contributed by atoms with van der Waals surface area (Å²) in [7, 11) is 4.38. The Bertz CT molecular complexity index is 1230. The van der Waals surface area contributed by atoms with E-state index >= 15 is 0 Å². The van der Waals surface area contributed by atoms with Crippen LogP contribution in [0, 0.1) is 11.8 Å². The first-order chi connectivity index (χ1) is 17.5. The minimum atomic E-state index is -0.209. The number of aromatic nitrogens is 1. The average molecular weight is 504 g/mol. The fraction of sp³-hybridized carbons (Fsp3) is 0.516. The Labute approximate surface area is 220 Å². The molecule has 4 nitrogen and oxygen atoms in total. The molecule has 1 spiro atoms. The molecule has 190 valence electrons. The highest BCUT2D eigenvalue weighted by atomic mass is 35.5. The lowest BCUT2D eigenvalue weighted by Crippen LogP contribution is -2.56. The van der Waals surface area contributed by atoms with Crippen LogP contribution in [0.5, 0.6) is 0 Å². The molecule has 2 fully saturated rings. The second kappa shape index (κ2) is 9.54. The number of halogens is 1. The molecular formula is C31H38ClN3O. The first-order valence-electron chi connectivity index (χ1n) is 13.8. The van der Waals surface area contributed by atoms with Gasteiger partial charge in [0.2, 0.25) is 5.91 Å². The summed E-state index contributed by atoms with van der Waals surface area (Å²) in [6, 6.07) is 17.4. The molecule has 2 heterocycles. The number of hydrogen-bond acceptors (Lipinski definition) is 2. The van der Waals surface area contributed by atoms with Gasteiger partial charge in [-0.05, 0) is 94.3 Å². The topological polar surface area (TPSA) is 39.3 Å². The van der Waals surface area contributed by atoms with E-state index in [0.29, 0.717) is 17.9 Å². The summed E-state index contributed by atoms with van der Waals surface area (Å²) >= 11 is 6.21. The molecule has 3 aliphatic rings. The van der Waals surface area contributed by atoms with Crippen molar-refractivity contribution in [3.63, 3.8) is 0 Å². The van der Waals surface area contributed by atoms with Crippen molar-refractivity contribution in [2.45, 2.75) is 69.4 Å². The van der Waals surface area contributed by atoms with Crippen LogP contribution in [-0.2, 0) is 16.8 Å². The van der Waals surface area contributed by atoms with Crippen molar-refractivity contribution in [3.8, 4) is 0 Å². The number of benzene rings is 2. The maximum atomic E-state index is 14.0. The van der Waals surface area contributed by atoms with Crippen LogP contribution in [0.1, 0.15) is 74.2 Å². The summed E-state index contributed by atoms with van der Waals surface area (Å²) in [5.74, 6) is 1.18. The van der Waals surface area contributed by atoms with Gasteiger partial charge >= 0.3 is 0 Å².